The first kappa shape index (κ1) is 21.2. The number of carboxylic acids is 1. The van der Waals surface area contributed by atoms with Crippen LogP contribution in [0, 0.1) is 16.0 Å². The van der Waals surface area contributed by atoms with Crippen molar-refractivity contribution >= 4 is 44.6 Å². The van der Waals surface area contributed by atoms with Gasteiger partial charge >= 0.3 is 5.97 Å². The number of nitro benzene ring substituents is 1. The fourth-order valence-corrected chi connectivity index (χ4v) is 6.97. The predicted molar refractivity (Wildman–Crippen MR) is 130 cm³/mol. The van der Waals surface area contributed by atoms with E-state index >= 15 is 0 Å². The summed E-state index contributed by atoms with van der Waals surface area (Å²) >= 11 is 1.75. The fraction of sp³-hybridized carbons (Fsp3) is 0.400. The van der Waals surface area contributed by atoms with Crippen LogP contribution in [0.15, 0.2) is 30.3 Å². The van der Waals surface area contributed by atoms with Gasteiger partial charge in [0.05, 0.1) is 16.2 Å². The molecule has 6 rings (SSSR count). The lowest BCUT2D eigenvalue weighted by molar-refractivity contribution is -0.384. The van der Waals surface area contributed by atoms with Gasteiger partial charge in [-0.3, -0.25) is 14.9 Å². The molecule has 1 saturated carbocycles. The number of thiophene rings is 1. The third-order valence-corrected chi connectivity index (χ3v) is 8.62. The molecule has 0 aliphatic heterocycles. The number of hydrogen-bond donors (Lipinski definition) is 2. The third-order valence-electron chi connectivity index (χ3n) is 7.42. The lowest BCUT2D eigenvalue weighted by Crippen LogP contribution is -2.21. The van der Waals surface area contributed by atoms with Crippen LogP contribution in [-0.4, -0.2) is 26.0 Å². The van der Waals surface area contributed by atoms with Gasteiger partial charge in [-0.05, 0) is 49.7 Å². The van der Waals surface area contributed by atoms with Crippen LogP contribution in [-0.2, 0) is 11.3 Å². The van der Waals surface area contributed by atoms with Crippen molar-refractivity contribution in [1.82, 2.24) is 9.97 Å². The molecule has 3 aromatic rings. The zero-order valence-electron chi connectivity index (χ0n) is 18.5. The van der Waals surface area contributed by atoms with E-state index in [1.807, 2.05) is 6.07 Å². The number of nitrogens with one attached hydrogen (secondary N) is 1. The minimum Gasteiger partial charge on any atom is -0.481 e. The number of allylic oxidation sites excluding steroid dienone is 2. The van der Waals surface area contributed by atoms with E-state index < -0.39 is 5.97 Å². The molecule has 0 saturated heterocycles. The molecule has 2 aromatic heterocycles. The molecule has 0 bridgehead atoms. The summed E-state index contributed by atoms with van der Waals surface area (Å²) < 4.78 is 0. The molecule has 0 radical (unpaired) electrons. The van der Waals surface area contributed by atoms with Crippen molar-refractivity contribution in [2.45, 2.75) is 56.9 Å². The van der Waals surface area contributed by atoms with Crippen molar-refractivity contribution in [2.24, 2.45) is 5.92 Å². The Morgan fingerprint density at radius 1 is 1.21 bits per heavy atom. The molecule has 2 N–H and O–H groups in total. The van der Waals surface area contributed by atoms with Crippen molar-refractivity contribution in [1.29, 1.82) is 0 Å². The van der Waals surface area contributed by atoms with E-state index in [2.05, 4.69) is 11.4 Å². The Morgan fingerprint density at radius 3 is 2.79 bits per heavy atom. The maximum Gasteiger partial charge on any atom is 0.306 e. The van der Waals surface area contributed by atoms with Gasteiger partial charge in [-0.2, -0.15) is 0 Å². The number of nitro groups is 1. The van der Waals surface area contributed by atoms with E-state index in [9.17, 15) is 20.0 Å². The number of aliphatic carboxylic acids is 1. The Labute approximate surface area is 199 Å². The number of hydrogen-bond acceptors (Lipinski definition) is 7. The Hall–Kier alpha value is -3.33. The van der Waals surface area contributed by atoms with Crippen molar-refractivity contribution in [3.63, 3.8) is 0 Å². The molecule has 1 unspecified atom stereocenters. The van der Waals surface area contributed by atoms with Crippen LogP contribution < -0.4 is 5.32 Å². The van der Waals surface area contributed by atoms with Crippen LogP contribution in [0.2, 0.25) is 0 Å². The second kappa shape index (κ2) is 8.16. The molecule has 2 heterocycles. The first-order chi connectivity index (χ1) is 16.5. The molecular weight excluding hydrogens is 452 g/mol. The molecule has 1 aromatic carbocycles. The van der Waals surface area contributed by atoms with E-state index in [1.54, 1.807) is 23.5 Å². The van der Waals surface area contributed by atoms with Crippen LogP contribution in [0.25, 0.3) is 15.8 Å². The number of nitrogens with zero attached hydrogens (tertiary/aromatic N) is 3. The van der Waals surface area contributed by atoms with Crippen molar-refractivity contribution in [2.75, 3.05) is 5.32 Å². The van der Waals surface area contributed by atoms with E-state index in [0.717, 1.165) is 53.1 Å². The molecular formula is C25H24N4O4S. The minimum absolute atomic E-state index is 0.0709. The minimum atomic E-state index is -0.715. The van der Waals surface area contributed by atoms with E-state index in [4.69, 9.17) is 9.97 Å². The zero-order valence-corrected chi connectivity index (χ0v) is 19.3. The highest BCUT2D eigenvalue weighted by Crippen LogP contribution is 2.59. The van der Waals surface area contributed by atoms with Crippen LogP contribution >= 0.6 is 11.3 Å². The van der Waals surface area contributed by atoms with Gasteiger partial charge < -0.3 is 10.4 Å². The number of anilines is 1. The Morgan fingerprint density at radius 2 is 2.03 bits per heavy atom. The summed E-state index contributed by atoms with van der Waals surface area (Å²) in [5.74, 6) is 1.22. The highest BCUT2D eigenvalue weighted by molar-refractivity contribution is 7.19. The largest absolute Gasteiger partial charge is 0.481 e. The Kier molecular flexibility index (Phi) is 5.09. The van der Waals surface area contributed by atoms with Gasteiger partial charge in [-0.1, -0.05) is 18.2 Å². The summed E-state index contributed by atoms with van der Waals surface area (Å²) in [5, 5.41) is 25.0. The lowest BCUT2D eigenvalue weighted by atomic mass is 9.79. The van der Waals surface area contributed by atoms with Gasteiger partial charge in [0.2, 0.25) is 0 Å². The van der Waals surface area contributed by atoms with Crippen LogP contribution in [0.3, 0.4) is 0 Å². The maximum atomic E-state index is 11.4. The lowest BCUT2D eigenvalue weighted by Gasteiger charge is -2.27. The van der Waals surface area contributed by atoms with Crippen molar-refractivity contribution in [3.8, 4) is 0 Å². The second-order valence-electron chi connectivity index (χ2n) is 9.41. The standard InChI is InChI=1S/C25H24N4O4S/c30-25(31)15-9-7-14(8-10-15)22-27-23(26-12-13-3-1-4-16(11-13)29(32)33)20-19-17-5-2-6-18(17)21(19)34-24(20)28-22/h1,3-5,11,14-15,18H,2,6-10,12H2,(H,30,31)(H,26,27,28). The monoisotopic (exact) mass is 476 g/mol. The van der Waals surface area contributed by atoms with E-state index in [-0.39, 0.29) is 22.4 Å². The average Bonchev–Trinajstić information content (AvgIpc) is 3.40. The second-order valence-corrected chi connectivity index (χ2v) is 10.4. The Bertz CT molecular complexity index is 1360. The Balaban J connectivity index is 1.35. The molecule has 1 fully saturated rings. The average molecular weight is 477 g/mol. The molecule has 1 atom stereocenters. The molecule has 8 nitrogen and oxygen atoms in total. The van der Waals surface area contributed by atoms with Gasteiger partial charge in [-0.25, -0.2) is 9.97 Å². The topological polar surface area (TPSA) is 118 Å². The number of fused-ring (bicyclic) bond motifs is 6. The van der Waals surface area contributed by atoms with Gasteiger partial charge in [-0.15, -0.1) is 11.3 Å². The summed E-state index contributed by atoms with van der Waals surface area (Å²) in [6.45, 7) is 0.423. The summed E-state index contributed by atoms with van der Waals surface area (Å²) in [6, 6.07) is 6.64. The van der Waals surface area contributed by atoms with Gasteiger partial charge in [0, 0.05) is 41.0 Å². The summed E-state index contributed by atoms with van der Waals surface area (Å²) in [4.78, 5) is 34.5. The number of aromatic nitrogens is 2. The van der Waals surface area contributed by atoms with Crippen LogP contribution in [0.5, 0.6) is 0 Å². The molecule has 174 valence electrons. The number of benzene rings is 1. The highest BCUT2D eigenvalue weighted by Gasteiger charge is 2.40. The van der Waals surface area contributed by atoms with Gasteiger partial charge in [0.15, 0.2) is 0 Å². The maximum absolute atomic E-state index is 11.4. The van der Waals surface area contributed by atoms with Crippen molar-refractivity contribution < 1.29 is 14.8 Å². The van der Waals surface area contributed by atoms with E-state index in [0.29, 0.717) is 25.3 Å². The number of rotatable bonds is 6. The normalized spacial score (nSPS) is 23.1. The van der Waals surface area contributed by atoms with E-state index in [1.165, 1.54) is 22.1 Å². The molecule has 3 aliphatic rings. The summed E-state index contributed by atoms with van der Waals surface area (Å²) in [6.07, 6.45) is 7.42. The summed E-state index contributed by atoms with van der Waals surface area (Å²) in [7, 11) is 0. The summed E-state index contributed by atoms with van der Waals surface area (Å²) in [5.41, 5.74) is 3.56. The molecule has 0 amide bonds. The number of non-ortho nitro benzene ring substituents is 1. The zero-order chi connectivity index (χ0) is 23.4. The van der Waals surface area contributed by atoms with Crippen LogP contribution in [0.1, 0.15) is 72.2 Å². The van der Waals surface area contributed by atoms with Crippen LogP contribution in [0.4, 0.5) is 11.5 Å². The molecule has 9 heteroatoms. The quantitative estimate of drug-likeness (QED) is 0.339. The predicted octanol–water partition coefficient (Wildman–Crippen LogP) is 5.84. The number of carbonyl (C=O) groups is 1. The first-order valence-corrected chi connectivity index (χ1v) is 12.6. The number of carboxylic acid groups (broad SMARTS) is 1. The smallest absolute Gasteiger partial charge is 0.306 e. The third kappa shape index (κ3) is 3.46. The molecule has 0 spiro atoms. The fourth-order valence-electron chi connectivity index (χ4n) is 5.62. The van der Waals surface area contributed by atoms with Gasteiger partial charge in [0.25, 0.3) is 5.69 Å². The molecule has 3 aliphatic carbocycles. The van der Waals surface area contributed by atoms with Crippen molar-refractivity contribution in [3.05, 3.63) is 62.3 Å². The SMILES string of the molecule is O=C(O)C1CCC(c2nc(NCc3cccc([N+](=O)[O-])c3)c3c4c(sc3n2)C2CCC=C42)CC1. The first-order valence-electron chi connectivity index (χ1n) is 11.7. The molecule has 34 heavy (non-hydrogen) atoms. The van der Waals surface area contributed by atoms with Gasteiger partial charge in [0.1, 0.15) is 16.5 Å². The highest BCUT2D eigenvalue weighted by atomic mass is 32.1.